The molecule has 0 saturated heterocycles. The second kappa shape index (κ2) is 52.7. The predicted molar refractivity (Wildman–Crippen MR) is 279 cm³/mol. The minimum absolute atomic E-state index is 0.111. The van der Waals surface area contributed by atoms with E-state index in [1.807, 2.05) is 12.2 Å². The maximum absolute atomic E-state index is 12.8. The van der Waals surface area contributed by atoms with E-state index in [0.29, 0.717) is 12.8 Å². The number of carbonyl (C=O) groups is 3. The third-order valence-electron chi connectivity index (χ3n) is 10.8. The summed E-state index contributed by atoms with van der Waals surface area (Å²) in [6.07, 6.45) is 70.8. The molecule has 0 spiro atoms. The van der Waals surface area contributed by atoms with Crippen LogP contribution < -0.4 is 0 Å². The Bertz CT molecular complexity index is 1360. The molecule has 6 heteroatoms. The minimum atomic E-state index is -0.820. The average molecular weight is 901 g/mol. The van der Waals surface area contributed by atoms with Gasteiger partial charge in [-0.3, -0.25) is 14.4 Å². The largest absolute Gasteiger partial charge is 0.462 e. The van der Waals surface area contributed by atoms with Crippen molar-refractivity contribution in [2.45, 2.75) is 232 Å². The smallest absolute Gasteiger partial charge is 0.306 e. The Hall–Kier alpha value is -3.93. The number of rotatable bonds is 46. The van der Waals surface area contributed by atoms with E-state index in [1.54, 1.807) is 0 Å². The molecule has 6 nitrogen and oxygen atoms in total. The summed E-state index contributed by atoms with van der Waals surface area (Å²) in [5.41, 5.74) is 0. The molecule has 0 unspecified atom stereocenters. The van der Waals surface area contributed by atoms with E-state index in [4.69, 9.17) is 14.2 Å². The van der Waals surface area contributed by atoms with Crippen LogP contribution in [0.3, 0.4) is 0 Å². The van der Waals surface area contributed by atoms with Gasteiger partial charge >= 0.3 is 17.9 Å². The molecule has 1 atom stereocenters. The van der Waals surface area contributed by atoms with Crippen LogP contribution in [-0.2, 0) is 28.6 Å². The van der Waals surface area contributed by atoms with Crippen molar-refractivity contribution < 1.29 is 28.6 Å². The first-order valence-electron chi connectivity index (χ1n) is 26.4. The summed E-state index contributed by atoms with van der Waals surface area (Å²) in [6, 6.07) is 0. The van der Waals surface area contributed by atoms with E-state index in [-0.39, 0.29) is 44.0 Å². The Morgan fingerprint density at radius 1 is 0.323 bits per heavy atom. The topological polar surface area (TPSA) is 78.9 Å². The molecule has 65 heavy (non-hydrogen) atoms. The quantitative estimate of drug-likeness (QED) is 0.0262. The molecule has 0 rings (SSSR count). The van der Waals surface area contributed by atoms with Crippen molar-refractivity contribution >= 4 is 17.9 Å². The summed E-state index contributed by atoms with van der Waals surface area (Å²) >= 11 is 0. The van der Waals surface area contributed by atoms with Gasteiger partial charge in [-0.25, -0.2) is 0 Å². The molecule has 0 saturated carbocycles. The lowest BCUT2D eigenvalue weighted by Crippen LogP contribution is -2.30. The van der Waals surface area contributed by atoms with E-state index in [2.05, 4.69) is 118 Å². The van der Waals surface area contributed by atoms with Crippen LogP contribution in [0, 0.1) is 0 Å². The number of hydrogen-bond acceptors (Lipinski definition) is 6. The lowest BCUT2D eigenvalue weighted by atomic mass is 10.1. The predicted octanol–water partition coefficient (Wildman–Crippen LogP) is 17.5. The van der Waals surface area contributed by atoms with Gasteiger partial charge in [-0.2, -0.15) is 0 Å². The zero-order valence-corrected chi connectivity index (χ0v) is 42.0. The second-order valence-electron chi connectivity index (χ2n) is 17.1. The van der Waals surface area contributed by atoms with E-state index in [9.17, 15) is 14.4 Å². The monoisotopic (exact) mass is 901 g/mol. The zero-order valence-electron chi connectivity index (χ0n) is 42.0. The van der Waals surface area contributed by atoms with Crippen molar-refractivity contribution in [3.8, 4) is 0 Å². The summed E-state index contributed by atoms with van der Waals surface area (Å²) in [7, 11) is 0. The summed E-state index contributed by atoms with van der Waals surface area (Å²) in [4.78, 5) is 38.0. The molecule has 0 heterocycles. The Balaban J connectivity index is 4.54. The summed E-state index contributed by atoms with van der Waals surface area (Å²) in [6.45, 7) is 6.39. The van der Waals surface area contributed by atoms with Gasteiger partial charge in [0.15, 0.2) is 6.10 Å². The maximum Gasteiger partial charge on any atom is 0.306 e. The van der Waals surface area contributed by atoms with Crippen molar-refractivity contribution in [1.29, 1.82) is 0 Å². The first-order chi connectivity index (χ1) is 32.0. The molecule has 0 aliphatic heterocycles. The normalized spacial score (nSPS) is 13.0. The molecule has 0 aromatic heterocycles. The number of allylic oxidation sites excluding steroid dienone is 18. The standard InChI is InChI=1S/C59H96O6/c1-4-7-10-13-16-19-22-24-26-28-29-31-32-34-37-40-43-46-49-52-58(61)64-55-56(54-63-57(60)51-48-45-42-39-36-21-18-15-12-9-6-3)65-59(62)53-50-47-44-41-38-35-33-30-27-25-23-20-17-14-11-8-5-2/h7,10,16-17,19-20,24-27,29,31,33-35,37,43,46,56H,4-6,8-9,11-15,18,21-23,28,30,32,36,38-42,44-45,47-55H2,1-3H3/b10-7-,19-16-,20-17-,26-24-,27-25-,31-29-,35-33-,37-34-,46-43-/t56-/m1/s1. The molecule has 0 aliphatic carbocycles. The highest BCUT2D eigenvalue weighted by atomic mass is 16.6. The van der Waals surface area contributed by atoms with Crippen LogP contribution in [0.1, 0.15) is 226 Å². The van der Waals surface area contributed by atoms with Gasteiger partial charge in [0, 0.05) is 19.3 Å². The van der Waals surface area contributed by atoms with E-state index in [0.717, 1.165) is 103 Å². The zero-order chi connectivity index (χ0) is 47.2. The lowest BCUT2D eigenvalue weighted by molar-refractivity contribution is -0.166. The molecule has 368 valence electrons. The molecule has 0 N–H and O–H groups in total. The third kappa shape index (κ3) is 50.9. The summed E-state index contributed by atoms with van der Waals surface area (Å²) in [5.74, 6) is -1.03. The highest BCUT2D eigenvalue weighted by Crippen LogP contribution is 2.13. The van der Waals surface area contributed by atoms with Crippen LogP contribution in [0.2, 0.25) is 0 Å². The second-order valence-corrected chi connectivity index (χ2v) is 17.1. The van der Waals surface area contributed by atoms with Crippen LogP contribution in [0.5, 0.6) is 0 Å². The number of carbonyl (C=O) groups excluding carboxylic acids is 3. The number of unbranched alkanes of at least 4 members (excludes halogenated alkanes) is 17. The van der Waals surface area contributed by atoms with Crippen LogP contribution in [0.4, 0.5) is 0 Å². The van der Waals surface area contributed by atoms with E-state index >= 15 is 0 Å². The lowest BCUT2D eigenvalue weighted by Gasteiger charge is -2.18. The van der Waals surface area contributed by atoms with Gasteiger partial charge in [0.2, 0.25) is 0 Å². The summed E-state index contributed by atoms with van der Waals surface area (Å²) in [5, 5.41) is 0. The van der Waals surface area contributed by atoms with Gasteiger partial charge in [0.05, 0.1) is 0 Å². The molecular weight excluding hydrogens is 805 g/mol. The number of esters is 3. The SMILES string of the molecule is CC/C=C\C/C=C\C/C=C\C/C=C\C/C=C\C/C=C\CCC(=O)OC[C@@H](COC(=O)CCCCCCCCCCCCC)OC(=O)CCCCCC/C=C\C/C=C\C/C=C\CCCCC. The molecule has 0 radical (unpaired) electrons. The van der Waals surface area contributed by atoms with Crippen molar-refractivity contribution in [2.24, 2.45) is 0 Å². The van der Waals surface area contributed by atoms with E-state index in [1.165, 1.54) is 77.0 Å². The number of hydrogen-bond donors (Lipinski definition) is 0. The Morgan fingerprint density at radius 2 is 0.631 bits per heavy atom. The average Bonchev–Trinajstić information content (AvgIpc) is 3.30. The first kappa shape index (κ1) is 61.1. The van der Waals surface area contributed by atoms with Crippen LogP contribution >= 0.6 is 0 Å². The molecule has 0 aliphatic rings. The fourth-order valence-electron chi connectivity index (χ4n) is 6.83. The van der Waals surface area contributed by atoms with Gasteiger partial charge in [-0.05, 0) is 96.3 Å². The van der Waals surface area contributed by atoms with Crippen LogP contribution in [0.25, 0.3) is 0 Å². The Morgan fingerprint density at radius 3 is 1.06 bits per heavy atom. The van der Waals surface area contributed by atoms with Gasteiger partial charge in [0.25, 0.3) is 0 Å². The van der Waals surface area contributed by atoms with E-state index < -0.39 is 6.10 Å². The highest BCUT2D eigenvalue weighted by Gasteiger charge is 2.19. The Labute approximate surface area is 400 Å². The van der Waals surface area contributed by atoms with Crippen molar-refractivity contribution in [3.05, 3.63) is 109 Å². The van der Waals surface area contributed by atoms with Crippen LogP contribution in [0.15, 0.2) is 109 Å². The third-order valence-corrected chi connectivity index (χ3v) is 10.8. The fraction of sp³-hybridized carbons (Fsp3) is 0.644. The minimum Gasteiger partial charge on any atom is -0.462 e. The van der Waals surface area contributed by atoms with Gasteiger partial charge < -0.3 is 14.2 Å². The van der Waals surface area contributed by atoms with Crippen LogP contribution in [-0.4, -0.2) is 37.2 Å². The molecule has 0 amide bonds. The molecule has 0 aromatic carbocycles. The van der Waals surface area contributed by atoms with Crippen molar-refractivity contribution in [1.82, 2.24) is 0 Å². The molecule has 0 bridgehead atoms. The van der Waals surface area contributed by atoms with Gasteiger partial charge in [-0.1, -0.05) is 220 Å². The maximum atomic E-state index is 12.8. The van der Waals surface area contributed by atoms with Crippen molar-refractivity contribution in [3.63, 3.8) is 0 Å². The highest BCUT2D eigenvalue weighted by molar-refractivity contribution is 5.71. The first-order valence-corrected chi connectivity index (χ1v) is 26.4. The van der Waals surface area contributed by atoms with Gasteiger partial charge in [-0.15, -0.1) is 0 Å². The molecule has 0 fully saturated rings. The molecule has 0 aromatic rings. The van der Waals surface area contributed by atoms with Crippen molar-refractivity contribution in [2.75, 3.05) is 13.2 Å². The molecular formula is C59H96O6. The summed E-state index contributed by atoms with van der Waals surface area (Å²) < 4.78 is 16.7. The fourth-order valence-corrected chi connectivity index (χ4v) is 6.83. The van der Waals surface area contributed by atoms with Gasteiger partial charge in [0.1, 0.15) is 13.2 Å². The Kier molecular flexibility index (Phi) is 49.5. The number of ether oxygens (including phenoxy) is 3.